The van der Waals surface area contributed by atoms with E-state index in [-0.39, 0.29) is 0 Å². The molecule has 0 spiro atoms. The van der Waals surface area contributed by atoms with E-state index in [0.717, 1.165) is 5.92 Å². The summed E-state index contributed by atoms with van der Waals surface area (Å²) >= 11 is 1.97. The lowest BCUT2D eigenvalue weighted by Crippen LogP contribution is -2.03. The monoisotopic (exact) mass is 236 g/mol. The molecule has 1 aromatic carbocycles. The molecule has 1 atom stereocenters. The van der Waals surface area contributed by atoms with Crippen molar-refractivity contribution in [1.29, 1.82) is 0 Å². The van der Waals surface area contributed by atoms with Crippen LogP contribution in [0.5, 0.6) is 0 Å². The van der Waals surface area contributed by atoms with E-state index in [1.807, 2.05) is 11.8 Å². The molecule has 16 heavy (non-hydrogen) atoms. The second-order valence-electron chi connectivity index (χ2n) is 4.52. The summed E-state index contributed by atoms with van der Waals surface area (Å²) in [7, 11) is 0. The van der Waals surface area contributed by atoms with Crippen molar-refractivity contribution in [2.24, 2.45) is 5.92 Å². The topological polar surface area (TPSA) is 0 Å². The zero-order valence-corrected chi connectivity index (χ0v) is 11.6. The van der Waals surface area contributed by atoms with Crippen LogP contribution in [0.1, 0.15) is 37.3 Å². The minimum absolute atomic E-state index is 0.909. The molecule has 1 unspecified atom stereocenters. The van der Waals surface area contributed by atoms with Crippen molar-refractivity contribution in [3.8, 4) is 0 Å². The fraction of sp³-hybridized carbons (Fsp3) is 0.600. The van der Waals surface area contributed by atoms with E-state index in [4.69, 9.17) is 0 Å². The third-order valence-corrected chi connectivity index (χ3v) is 4.03. The SMILES string of the molecule is CCC(CCSC)CCc1ccccc1C. The number of hydrogen-bond acceptors (Lipinski definition) is 1. The van der Waals surface area contributed by atoms with Crippen molar-refractivity contribution >= 4 is 11.8 Å². The molecule has 0 saturated carbocycles. The average Bonchev–Trinajstić information content (AvgIpc) is 2.31. The van der Waals surface area contributed by atoms with Crippen LogP contribution in [-0.4, -0.2) is 12.0 Å². The van der Waals surface area contributed by atoms with Gasteiger partial charge in [0.05, 0.1) is 0 Å². The summed E-state index contributed by atoms with van der Waals surface area (Å²) in [6.45, 7) is 4.54. The first-order valence-corrected chi connectivity index (χ1v) is 7.70. The second-order valence-corrected chi connectivity index (χ2v) is 5.51. The standard InChI is InChI=1S/C15H24S/c1-4-14(11-12-16-3)9-10-15-8-6-5-7-13(15)2/h5-8,14H,4,9-12H2,1-3H3. The fourth-order valence-electron chi connectivity index (χ4n) is 2.09. The van der Waals surface area contributed by atoms with Crippen LogP contribution >= 0.6 is 11.8 Å². The van der Waals surface area contributed by atoms with Crippen molar-refractivity contribution in [2.75, 3.05) is 12.0 Å². The van der Waals surface area contributed by atoms with Gasteiger partial charge in [0.15, 0.2) is 0 Å². The highest BCUT2D eigenvalue weighted by Crippen LogP contribution is 2.19. The molecule has 0 N–H and O–H groups in total. The molecule has 1 rings (SSSR count). The Hall–Kier alpha value is -0.430. The van der Waals surface area contributed by atoms with E-state index in [9.17, 15) is 0 Å². The van der Waals surface area contributed by atoms with Crippen molar-refractivity contribution < 1.29 is 0 Å². The van der Waals surface area contributed by atoms with Crippen molar-refractivity contribution in [3.63, 3.8) is 0 Å². The predicted octanol–water partition coefficient (Wildman–Crippen LogP) is 4.71. The van der Waals surface area contributed by atoms with Gasteiger partial charge < -0.3 is 0 Å². The maximum Gasteiger partial charge on any atom is -0.00677 e. The van der Waals surface area contributed by atoms with Gasteiger partial charge >= 0.3 is 0 Å². The van der Waals surface area contributed by atoms with E-state index in [2.05, 4.69) is 44.4 Å². The zero-order chi connectivity index (χ0) is 11.8. The molecule has 1 aromatic rings. The molecule has 0 amide bonds. The van der Waals surface area contributed by atoms with Gasteiger partial charge in [0.25, 0.3) is 0 Å². The van der Waals surface area contributed by atoms with Crippen LogP contribution in [0.15, 0.2) is 24.3 Å². The van der Waals surface area contributed by atoms with Gasteiger partial charge in [0.1, 0.15) is 0 Å². The molecule has 0 fully saturated rings. The normalized spacial score (nSPS) is 12.7. The Kier molecular flexibility index (Phi) is 6.63. The van der Waals surface area contributed by atoms with Gasteiger partial charge in [-0.3, -0.25) is 0 Å². The molecule has 0 aliphatic rings. The Morgan fingerprint density at radius 3 is 2.56 bits per heavy atom. The summed E-state index contributed by atoms with van der Waals surface area (Å²) in [5.41, 5.74) is 2.98. The van der Waals surface area contributed by atoms with Gasteiger partial charge in [-0.15, -0.1) is 0 Å². The highest BCUT2D eigenvalue weighted by Gasteiger charge is 2.07. The summed E-state index contributed by atoms with van der Waals surface area (Å²) in [6, 6.07) is 8.78. The fourth-order valence-corrected chi connectivity index (χ4v) is 2.66. The van der Waals surface area contributed by atoms with Crippen LogP contribution < -0.4 is 0 Å². The minimum atomic E-state index is 0.909. The predicted molar refractivity (Wildman–Crippen MR) is 76.3 cm³/mol. The maximum atomic E-state index is 2.32. The number of thioether (sulfide) groups is 1. The van der Waals surface area contributed by atoms with E-state index in [0.29, 0.717) is 0 Å². The van der Waals surface area contributed by atoms with Crippen LogP contribution in [0, 0.1) is 12.8 Å². The molecule has 0 heterocycles. The number of rotatable bonds is 7. The Bertz CT molecular complexity index is 293. The van der Waals surface area contributed by atoms with Gasteiger partial charge in [-0.25, -0.2) is 0 Å². The summed E-state index contributed by atoms with van der Waals surface area (Å²) in [4.78, 5) is 0. The van der Waals surface area contributed by atoms with Crippen LogP contribution in [0.3, 0.4) is 0 Å². The summed E-state index contributed by atoms with van der Waals surface area (Å²) < 4.78 is 0. The van der Waals surface area contributed by atoms with Gasteiger partial charge in [-0.1, -0.05) is 37.6 Å². The highest BCUT2D eigenvalue weighted by atomic mass is 32.2. The van der Waals surface area contributed by atoms with Crippen LogP contribution in [0.4, 0.5) is 0 Å². The number of aryl methyl sites for hydroxylation is 2. The van der Waals surface area contributed by atoms with Gasteiger partial charge in [0.2, 0.25) is 0 Å². The second kappa shape index (κ2) is 7.78. The lowest BCUT2D eigenvalue weighted by molar-refractivity contribution is 0.459. The molecular formula is C15H24S. The number of benzene rings is 1. The first kappa shape index (κ1) is 13.6. The molecule has 0 radical (unpaired) electrons. The summed E-state index contributed by atoms with van der Waals surface area (Å²) in [5, 5.41) is 0. The van der Waals surface area contributed by atoms with Crippen LogP contribution in [0.2, 0.25) is 0 Å². The molecule has 0 nitrogen and oxygen atoms in total. The Balaban J connectivity index is 2.40. The summed E-state index contributed by atoms with van der Waals surface area (Å²) in [5.74, 6) is 2.22. The lowest BCUT2D eigenvalue weighted by Gasteiger charge is -2.14. The Morgan fingerprint density at radius 1 is 1.19 bits per heavy atom. The van der Waals surface area contributed by atoms with E-state index in [1.54, 1.807) is 0 Å². The molecule has 1 heteroatoms. The van der Waals surface area contributed by atoms with E-state index in [1.165, 1.54) is 42.6 Å². The highest BCUT2D eigenvalue weighted by molar-refractivity contribution is 7.98. The van der Waals surface area contributed by atoms with Crippen molar-refractivity contribution in [2.45, 2.75) is 39.5 Å². The number of hydrogen-bond donors (Lipinski definition) is 0. The zero-order valence-electron chi connectivity index (χ0n) is 10.8. The summed E-state index contributed by atoms with van der Waals surface area (Å²) in [6.07, 6.45) is 7.51. The quantitative estimate of drug-likeness (QED) is 0.661. The van der Waals surface area contributed by atoms with Crippen LogP contribution in [-0.2, 0) is 6.42 Å². The van der Waals surface area contributed by atoms with E-state index >= 15 is 0 Å². The smallest absolute Gasteiger partial charge is 0.00677 e. The molecular weight excluding hydrogens is 212 g/mol. The van der Waals surface area contributed by atoms with E-state index < -0.39 is 0 Å². The molecule has 0 aliphatic carbocycles. The van der Waals surface area contributed by atoms with Crippen LogP contribution in [0.25, 0.3) is 0 Å². The first-order valence-electron chi connectivity index (χ1n) is 6.31. The molecule has 0 bridgehead atoms. The maximum absolute atomic E-state index is 2.32. The van der Waals surface area contributed by atoms with Gasteiger partial charge in [-0.05, 0) is 55.2 Å². The third-order valence-electron chi connectivity index (χ3n) is 3.39. The van der Waals surface area contributed by atoms with Crippen molar-refractivity contribution in [3.05, 3.63) is 35.4 Å². The van der Waals surface area contributed by atoms with Crippen molar-refractivity contribution in [1.82, 2.24) is 0 Å². The minimum Gasteiger partial charge on any atom is -0.165 e. The molecule has 0 aromatic heterocycles. The Labute approximate surface area is 105 Å². The molecule has 0 saturated heterocycles. The largest absolute Gasteiger partial charge is 0.165 e. The lowest BCUT2D eigenvalue weighted by atomic mass is 9.93. The van der Waals surface area contributed by atoms with Gasteiger partial charge in [-0.2, -0.15) is 11.8 Å². The molecule has 90 valence electrons. The third kappa shape index (κ3) is 4.61. The Morgan fingerprint density at radius 2 is 1.94 bits per heavy atom. The first-order chi connectivity index (χ1) is 7.77. The molecule has 0 aliphatic heterocycles. The average molecular weight is 236 g/mol. The van der Waals surface area contributed by atoms with Gasteiger partial charge in [0, 0.05) is 0 Å².